The number of likely N-dealkylation sites (tertiary alicyclic amines) is 1. The molecule has 2 aliphatic rings. The molecular weight excluding hydrogens is 486 g/mol. The number of nitrogens with zero attached hydrogens (tertiary/aromatic N) is 6. The van der Waals surface area contributed by atoms with E-state index in [0.717, 1.165) is 54.3 Å². The summed E-state index contributed by atoms with van der Waals surface area (Å²) in [4.78, 5) is 16.8. The Kier molecular flexibility index (Phi) is 11.4. The zero-order chi connectivity index (χ0) is 28.4. The number of rotatable bonds is 14. The fourth-order valence-electron chi connectivity index (χ4n) is 5.57. The van der Waals surface area contributed by atoms with E-state index in [1.165, 1.54) is 32.3 Å². The zero-order valence-corrected chi connectivity index (χ0v) is 24.7. The smallest absolute Gasteiger partial charge is 0.125 e. The first-order chi connectivity index (χ1) is 18.7. The van der Waals surface area contributed by atoms with Gasteiger partial charge in [0.25, 0.3) is 0 Å². The van der Waals surface area contributed by atoms with E-state index < -0.39 is 0 Å². The van der Waals surface area contributed by atoms with Crippen molar-refractivity contribution >= 4 is 24.0 Å². The second-order valence-electron chi connectivity index (χ2n) is 11.1. The topological polar surface area (TPSA) is 122 Å². The second kappa shape index (κ2) is 14.5. The molecule has 2 atom stereocenters. The first-order valence-electron chi connectivity index (χ1n) is 14.3. The van der Waals surface area contributed by atoms with Crippen molar-refractivity contribution in [1.82, 2.24) is 20.0 Å². The van der Waals surface area contributed by atoms with E-state index in [4.69, 9.17) is 16.5 Å². The van der Waals surface area contributed by atoms with Crippen molar-refractivity contribution in [2.45, 2.75) is 53.4 Å². The SMILES string of the molecule is C=CC(C)(C)C1=C(N)N=CN=CC1C(CCN)/C(CNCCN1CCCC1)=N/C(=C\CC)c1cc(C)nn1C. The minimum absolute atomic E-state index is 0.0258. The van der Waals surface area contributed by atoms with Crippen molar-refractivity contribution < 1.29 is 0 Å². The van der Waals surface area contributed by atoms with Crippen LogP contribution in [0.2, 0.25) is 0 Å². The monoisotopic (exact) mass is 535 g/mol. The lowest BCUT2D eigenvalue weighted by atomic mass is 9.70. The summed E-state index contributed by atoms with van der Waals surface area (Å²) in [7, 11) is 1.97. The Morgan fingerprint density at radius 2 is 2.08 bits per heavy atom. The van der Waals surface area contributed by atoms with Crippen LogP contribution >= 0.6 is 0 Å². The molecule has 0 aliphatic carbocycles. The molecule has 5 N–H and O–H groups in total. The van der Waals surface area contributed by atoms with Crippen molar-refractivity contribution in [1.29, 1.82) is 0 Å². The number of aliphatic imine (C=N–C) groups is 3. The van der Waals surface area contributed by atoms with Crippen molar-refractivity contribution in [2.24, 2.45) is 50.7 Å². The van der Waals surface area contributed by atoms with Crippen LogP contribution in [0.25, 0.3) is 5.70 Å². The molecule has 0 aromatic carbocycles. The summed E-state index contributed by atoms with van der Waals surface area (Å²) >= 11 is 0. The van der Waals surface area contributed by atoms with Gasteiger partial charge in [-0.15, -0.1) is 6.58 Å². The van der Waals surface area contributed by atoms with Gasteiger partial charge < -0.3 is 21.7 Å². The van der Waals surface area contributed by atoms with Gasteiger partial charge in [0.05, 0.1) is 17.1 Å². The lowest BCUT2D eigenvalue weighted by Crippen LogP contribution is -2.40. The predicted molar refractivity (Wildman–Crippen MR) is 165 cm³/mol. The first kappa shape index (κ1) is 30.7. The molecule has 9 nitrogen and oxygen atoms in total. The number of allylic oxidation sites excluding steroid dienone is 3. The maximum absolute atomic E-state index is 6.56. The highest BCUT2D eigenvalue weighted by Crippen LogP contribution is 2.40. The average molecular weight is 536 g/mol. The Bertz CT molecular complexity index is 1110. The van der Waals surface area contributed by atoms with Crippen LogP contribution in [0.4, 0.5) is 0 Å². The molecule has 2 aliphatic heterocycles. The molecule has 0 spiro atoms. The van der Waals surface area contributed by atoms with Crippen molar-refractivity contribution in [3.8, 4) is 0 Å². The minimum atomic E-state index is -0.384. The molecule has 1 aromatic heterocycles. The van der Waals surface area contributed by atoms with Crippen LogP contribution < -0.4 is 16.8 Å². The van der Waals surface area contributed by atoms with Gasteiger partial charge in [-0.2, -0.15) is 5.10 Å². The number of hydrogen-bond acceptors (Lipinski definition) is 8. The van der Waals surface area contributed by atoms with Gasteiger partial charge in [0.15, 0.2) is 0 Å². The van der Waals surface area contributed by atoms with Gasteiger partial charge in [0, 0.05) is 55.9 Å². The van der Waals surface area contributed by atoms with Crippen molar-refractivity contribution in [2.75, 3.05) is 39.3 Å². The number of nitrogens with one attached hydrogen (secondary N) is 1. The molecule has 9 heteroatoms. The number of aromatic nitrogens is 2. The molecule has 0 bridgehead atoms. The molecule has 0 radical (unpaired) electrons. The molecule has 39 heavy (non-hydrogen) atoms. The van der Waals surface area contributed by atoms with E-state index in [9.17, 15) is 0 Å². The molecule has 3 heterocycles. The third-order valence-corrected chi connectivity index (χ3v) is 7.70. The van der Waals surface area contributed by atoms with E-state index >= 15 is 0 Å². The summed E-state index contributed by atoms with van der Waals surface area (Å²) in [5.41, 5.74) is 17.3. The van der Waals surface area contributed by atoms with Crippen LogP contribution in [-0.4, -0.2) is 72.2 Å². The molecule has 1 fully saturated rings. The van der Waals surface area contributed by atoms with Crippen LogP contribution in [0.5, 0.6) is 0 Å². The maximum atomic E-state index is 6.56. The van der Waals surface area contributed by atoms with Gasteiger partial charge in [-0.25, -0.2) is 9.98 Å². The lowest BCUT2D eigenvalue weighted by molar-refractivity contribution is 0.338. The molecule has 3 rings (SSSR count). The minimum Gasteiger partial charge on any atom is -0.384 e. The summed E-state index contributed by atoms with van der Waals surface area (Å²) < 4.78 is 1.90. The quantitative estimate of drug-likeness (QED) is 0.191. The van der Waals surface area contributed by atoms with E-state index in [0.29, 0.717) is 18.9 Å². The molecule has 0 saturated carbocycles. The average Bonchev–Trinajstić information content (AvgIpc) is 3.49. The van der Waals surface area contributed by atoms with Gasteiger partial charge >= 0.3 is 0 Å². The third-order valence-electron chi connectivity index (χ3n) is 7.70. The summed E-state index contributed by atoms with van der Waals surface area (Å²) in [5, 5.41) is 8.28. The van der Waals surface area contributed by atoms with Gasteiger partial charge in [0.2, 0.25) is 0 Å². The van der Waals surface area contributed by atoms with E-state index in [1.54, 1.807) is 0 Å². The Hall–Kier alpha value is -2.88. The number of nitrogens with two attached hydrogens (primary N) is 2. The van der Waals surface area contributed by atoms with Gasteiger partial charge in [0.1, 0.15) is 12.2 Å². The van der Waals surface area contributed by atoms with Crippen LogP contribution in [0.1, 0.15) is 57.8 Å². The van der Waals surface area contributed by atoms with Crippen molar-refractivity contribution in [3.05, 3.63) is 47.6 Å². The van der Waals surface area contributed by atoms with E-state index in [1.807, 2.05) is 30.9 Å². The third kappa shape index (κ3) is 8.06. The highest BCUT2D eigenvalue weighted by molar-refractivity contribution is 5.96. The van der Waals surface area contributed by atoms with Crippen LogP contribution in [0, 0.1) is 24.2 Å². The Morgan fingerprint density at radius 1 is 1.33 bits per heavy atom. The van der Waals surface area contributed by atoms with E-state index in [2.05, 4.69) is 64.8 Å². The fraction of sp³-hybridized carbons (Fsp3) is 0.600. The van der Waals surface area contributed by atoms with Gasteiger partial charge in [-0.1, -0.05) is 32.9 Å². The Balaban J connectivity index is 2.06. The predicted octanol–water partition coefficient (Wildman–Crippen LogP) is 3.68. The van der Waals surface area contributed by atoms with Crippen LogP contribution in [0.15, 0.2) is 51.2 Å². The van der Waals surface area contributed by atoms with E-state index in [-0.39, 0.29) is 17.3 Å². The van der Waals surface area contributed by atoms with Crippen molar-refractivity contribution in [3.63, 3.8) is 0 Å². The van der Waals surface area contributed by atoms with Gasteiger partial charge in [-0.05, 0) is 63.9 Å². The van der Waals surface area contributed by atoms with Crippen LogP contribution in [-0.2, 0) is 7.05 Å². The molecule has 1 saturated heterocycles. The van der Waals surface area contributed by atoms with Crippen LogP contribution in [0.3, 0.4) is 0 Å². The summed E-state index contributed by atoms with van der Waals surface area (Å²) in [6.07, 6.45) is 11.8. The largest absolute Gasteiger partial charge is 0.384 e. The number of hydrogen-bond donors (Lipinski definition) is 3. The zero-order valence-electron chi connectivity index (χ0n) is 24.7. The molecule has 214 valence electrons. The Labute approximate surface area is 234 Å². The maximum Gasteiger partial charge on any atom is 0.125 e. The van der Waals surface area contributed by atoms with Gasteiger partial charge in [-0.3, -0.25) is 9.67 Å². The molecule has 0 amide bonds. The molecular formula is C30H49N9. The summed E-state index contributed by atoms with van der Waals surface area (Å²) in [6.45, 7) is 17.9. The number of aryl methyl sites for hydroxylation is 2. The standard InChI is InChI=1S/C30H49N9/c1-7-11-25(27-18-22(3)37-38(27)6)36-26(20-33-14-17-39-15-9-10-16-39)23(12-13-31)24-19-34-21-35-29(32)28(24)30(4,5)8-2/h8,11,18-19,21,23-24,33H,2,7,9-10,12-17,20,31-32H2,1,3-6H3/b25-11-,36-26+. The fourth-order valence-corrected chi connectivity index (χ4v) is 5.57. The summed E-state index contributed by atoms with van der Waals surface area (Å²) in [5.74, 6) is 0.332. The molecule has 1 aromatic rings. The normalized spacial score (nSPS) is 20.1. The Morgan fingerprint density at radius 3 is 2.69 bits per heavy atom. The second-order valence-corrected chi connectivity index (χ2v) is 11.1. The molecule has 2 unspecified atom stereocenters. The summed E-state index contributed by atoms with van der Waals surface area (Å²) in [6, 6.07) is 2.09. The highest BCUT2D eigenvalue weighted by atomic mass is 15.3. The first-order valence-corrected chi connectivity index (χ1v) is 14.3. The highest BCUT2D eigenvalue weighted by Gasteiger charge is 2.36. The lowest BCUT2D eigenvalue weighted by Gasteiger charge is -2.35.